The number of phenols is 2. The molecule has 0 heterocycles. The van der Waals surface area contributed by atoms with Crippen molar-refractivity contribution < 1.29 is 29.3 Å². The summed E-state index contributed by atoms with van der Waals surface area (Å²) in [6, 6.07) is 22.6. The molecule has 0 bridgehead atoms. The van der Waals surface area contributed by atoms with Crippen LogP contribution in [0.25, 0.3) is 0 Å². The van der Waals surface area contributed by atoms with Gasteiger partial charge in [-0.25, -0.2) is 15.0 Å². The van der Waals surface area contributed by atoms with Gasteiger partial charge in [-0.3, -0.25) is 5.43 Å². The number of aromatic hydroxyl groups is 2. The molecule has 3 aromatic rings. The van der Waals surface area contributed by atoms with E-state index in [1.54, 1.807) is 13.0 Å². The molecule has 1 amide bonds. The van der Waals surface area contributed by atoms with E-state index in [4.69, 9.17) is 9.47 Å². The molecule has 0 spiro atoms. The monoisotopic (exact) mass is 450 g/mol. The van der Waals surface area contributed by atoms with E-state index in [0.29, 0.717) is 5.56 Å². The maximum atomic E-state index is 13.0. The van der Waals surface area contributed by atoms with Gasteiger partial charge in [0.05, 0.1) is 0 Å². The molecule has 33 heavy (non-hydrogen) atoms. The van der Waals surface area contributed by atoms with Crippen molar-refractivity contribution in [3.8, 4) is 11.5 Å². The van der Waals surface area contributed by atoms with Crippen LogP contribution in [0.1, 0.15) is 23.6 Å². The Morgan fingerprint density at radius 2 is 1.36 bits per heavy atom. The number of benzene rings is 3. The number of nitrogens with one attached hydrogen (secondary N) is 2. The third kappa shape index (κ3) is 6.98. The fraction of sp³-hybridized carbons (Fsp3) is 0.200. The highest BCUT2D eigenvalue weighted by molar-refractivity contribution is 5.81. The topological polar surface area (TPSA) is 117 Å². The number of amides is 1. The number of phenolic OH excluding ortho intramolecular Hbond substituents is 2. The van der Waals surface area contributed by atoms with Gasteiger partial charge in [-0.05, 0) is 35.7 Å². The van der Waals surface area contributed by atoms with Crippen LogP contribution in [0.4, 0.5) is 4.79 Å². The van der Waals surface area contributed by atoms with Crippen LogP contribution in [-0.2, 0) is 33.9 Å². The third-order valence-corrected chi connectivity index (χ3v) is 4.91. The highest BCUT2D eigenvalue weighted by Crippen LogP contribution is 2.27. The average molecular weight is 450 g/mol. The van der Waals surface area contributed by atoms with Crippen LogP contribution in [0.5, 0.6) is 11.5 Å². The van der Waals surface area contributed by atoms with Gasteiger partial charge in [0.15, 0.2) is 11.5 Å². The van der Waals surface area contributed by atoms with Gasteiger partial charge in [0, 0.05) is 6.42 Å². The standard InChI is InChI=1S/C25H26N2O6/c1-25(15-20-12-13-21(28)22(29)14-20,23(30)32-16-18-8-4-2-5-9-18)27-26-24(31)33-17-19-10-6-3-7-11-19/h2-14,27-29H,15-17H2,1H3,(H,26,31). The normalized spacial score (nSPS) is 12.4. The zero-order valence-corrected chi connectivity index (χ0v) is 18.2. The number of hydrazine groups is 1. The van der Waals surface area contributed by atoms with Crippen molar-refractivity contribution >= 4 is 12.1 Å². The first-order valence-electron chi connectivity index (χ1n) is 10.3. The van der Waals surface area contributed by atoms with E-state index in [1.165, 1.54) is 12.1 Å². The summed E-state index contributed by atoms with van der Waals surface area (Å²) in [4.78, 5) is 25.2. The first-order valence-corrected chi connectivity index (χ1v) is 10.3. The third-order valence-electron chi connectivity index (χ3n) is 4.91. The highest BCUT2D eigenvalue weighted by Gasteiger charge is 2.36. The van der Waals surface area contributed by atoms with Gasteiger partial charge in [-0.2, -0.15) is 0 Å². The molecule has 8 nitrogen and oxygen atoms in total. The molecule has 0 aliphatic rings. The van der Waals surface area contributed by atoms with Gasteiger partial charge >= 0.3 is 12.1 Å². The molecule has 0 aliphatic heterocycles. The summed E-state index contributed by atoms with van der Waals surface area (Å²) >= 11 is 0. The van der Waals surface area contributed by atoms with Crippen molar-refractivity contribution in [1.82, 2.24) is 10.9 Å². The molecule has 0 radical (unpaired) electrons. The molecule has 4 N–H and O–H groups in total. The first-order chi connectivity index (χ1) is 15.9. The van der Waals surface area contributed by atoms with E-state index in [9.17, 15) is 19.8 Å². The SMILES string of the molecule is CC(Cc1ccc(O)c(O)c1)(NNC(=O)OCc1ccccc1)C(=O)OCc1ccccc1. The summed E-state index contributed by atoms with van der Waals surface area (Å²) in [6.45, 7) is 1.67. The van der Waals surface area contributed by atoms with Crippen molar-refractivity contribution in [3.05, 3.63) is 95.6 Å². The lowest BCUT2D eigenvalue weighted by molar-refractivity contribution is -0.152. The van der Waals surface area contributed by atoms with E-state index in [1.807, 2.05) is 60.7 Å². The van der Waals surface area contributed by atoms with Crippen LogP contribution >= 0.6 is 0 Å². The second kappa shape index (κ2) is 11.0. The minimum atomic E-state index is -1.40. The van der Waals surface area contributed by atoms with Crippen LogP contribution in [-0.4, -0.2) is 27.8 Å². The van der Waals surface area contributed by atoms with E-state index >= 15 is 0 Å². The number of hydrogen-bond donors (Lipinski definition) is 4. The molecule has 172 valence electrons. The summed E-state index contributed by atoms with van der Waals surface area (Å²) in [5, 5.41) is 19.4. The number of ether oxygens (including phenoxy) is 2. The molecule has 1 atom stereocenters. The Kier molecular flexibility index (Phi) is 7.88. The Labute approximate surface area is 191 Å². The molecule has 3 rings (SSSR count). The fourth-order valence-corrected chi connectivity index (χ4v) is 3.09. The lowest BCUT2D eigenvalue weighted by Gasteiger charge is -2.29. The molecule has 0 saturated heterocycles. The predicted molar refractivity (Wildman–Crippen MR) is 121 cm³/mol. The Morgan fingerprint density at radius 1 is 0.788 bits per heavy atom. The molecular weight excluding hydrogens is 424 g/mol. The second-order valence-electron chi connectivity index (χ2n) is 7.71. The Bertz CT molecular complexity index is 1070. The number of esters is 1. The van der Waals surface area contributed by atoms with Crippen molar-refractivity contribution in [1.29, 1.82) is 0 Å². The van der Waals surface area contributed by atoms with Gasteiger partial charge in [-0.1, -0.05) is 66.7 Å². The lowest BCUT2D eigenvalue weighted by Crippen LogP contribution is -2.59. The summed E-state index contributed by atoms with van der Waals surface area (Å²) in [5.41, 5.74) is 5.87. The summed E-state index contributed by atoms with van der Waals surface area (Å²) in [7, 11) is 0. The quantitative estimate of drug-likeness (QED) is 0.224. The van der Waals surface area contributed by atoms with Crippen LogP contribution < -0.4 is 10.9 Å². The Hall–Kier alpha value is -4.04. The van der Waals surface area contributed by atoms with Crippen LogP contribution in [0.15, 0.2) is 78.9 Å². The molecular formula is C25H26N2O6. The van der Waals surface area contributed by atoms with Crippen molar-refractivity contribution in [2.75, 3.05) is 0 Å². The summed E-state index contributed by atoms with van der Waals surface area (Å²) in [6.07, 6.45) is -0.720. The molecule has 8 heteroatoms. The molecule has 0 fully saturated rings. The van der Waals surface area contributed by atoms with Crippen molar-refractivity contribution in [3.63, 3.8) is 0 Å². The predicted octanol–water partition coefficient (Wildman–Crippen LogP) is 3.57. The molecule has 0 aromatic heterocycles. The maximum Gasteiger partial charge on any atom is 0.421 e. The number of carbonyl (C=O) groups is 2. The zero-order chi connectivity index (χ0) is 23.7. The van der Waals surface area contributed by atoms with Gasteiger partial charge in [0.1, 0.15) is 18.8 Å². The minimum Gasteiger partial charge on any atom is -0.504 e. The van der Waals surface area contributed by atoms with Crippen LogP contribution in [0.2, 0.25) is 0 Å². The smallest absolute Gasteiger partial charge is 0.421 e. The summed E-state index contributed by atoms with van der Waals surface area (Å²) in [5.74, 6) is -1.22. The van der Waals surface area contributed by atoms with E-state index in [-0.39, 0.29) is 31.1 Å². The van der Waals surface area contributed by atoms with E-state index < -0.39 is 17.6 Å². The molecule has 3 aromatic carbocycles. The minimum absolute atomic E-state index is 0.0490. The van der Waals surface area contributed by atoms with Gasteiger partial charge in [-0.15, -0.1) is 0 Å². The molecule has 0 aliphatic carbocycles. The van der Waals surface area contributed by atoms with Gasteiger partial charge in [0.2, 0.25) is 0 Å². The van der Waals surface area contributed by atoms with Gasteiger partial charge < -0.3 is 19.7 Å². The van der Waals surface area contributed by atoms with Crippen molar-refractivity contribution in [2.45, 2.75) is 32.1 Å². The van der Waals surface area contributed by atoms with Gasteiger partial charge in [0.25, 0.3) is 0 Å². The Morgan fingerprint density at radius 3 is 1.94 bits per heavy atom. The highest BCUT2D eigenvalue weighted by atomic mass is 16.6. The van der Waals surface area contributed by atoms with Crippen LogP contribution in [0.3, 0.4) is 0 Å². The Balaban J connectivity index is 1.67. The largest absolute Gasteiger partial charge is 0.504 e. The fourth-order valence-electron chi connectivity index (χ4n) is 3.09. The maximum absolute atomic E-state index is 13.0. The van der Waals surface area contributed by atoms with E-state index in [2.05, 4.69) is 10.9 Å². The lowest BCUT2D eigenvalue weighted by atomic mass is 9.93. The van der Waals surface area contributed by atoms with E-state index in [0.717, 1.165) is 11.1 Å². The first kappa shape index (κ1) is 23.6. The van der Waals surface area contributed by atoms with Crippen LogP contribution in [0, 0.1) is 0 Å². The number of rotatable bonds is 9. The molecule has 1 unspecified atom stereocenters. The molecule has 0 saturated carbocycles. The zero-order valence-electron chi connectivity index (χ0n) is 18.2. The van der Waals surface area contributed by atoms with Crippen molar-refractivity contribution in [2.24, 2.45) is 0 Å². The second-order valence-corrected chi connectivity index (χ2v) is 7.71. The number of carbonyl (C=O) groups excluding carboxylic acids is 2. The average Bonchev–Trinajstić information content (AvgIpc) is 2.83. The number of hydrogen-bond acceptors (Lipinski definition) is 7. The summed E-state index contributed by atoms with van der Waals surface area (Å²) < 4.78 is 10.7.